The van der Waals surface area contributed by atoms with Crippen molar-refractivity contribution in [3.05, 3.63) is 41.2 Å². The molecule has 0 fully saturated rings. The van der Waals surface area contributed by atoms with Crippen molar-refractivity contribution in [3.8, 4) is 11.5 Å². The smallest absolute Gasteiger partial charge is 0.124 e. The highest BCUT2D eigenvalue weighted by Gasteiger charge is 2.21. The Hall–Kier alpha value is -2.05. The van der Waals surface area contributed by atoms with E-state index in [9.17, 15) is 0 Å². The summed E-state index contributed by atoms with van der Waals surface area (Å²) in [6.45, 7) is 1.94. The number of aromatic nitrogens is 2. The number of rotatable bonds is 5. The molecule has 108 valence electrons. The van der Waals surface area contributed by atoms with Crippen LogP contribution in [-0.4, -0.2) is 24.0 Å². The molecule has 0 aliphatic carbocycles. The van der Waals surface area contributed by atoms with Crippen LogP contribution in [0.1, 0.15) is 23.0 Å². The van der Waals surface area contributed by atoms with Gasteiger partial charge < -0.3 is 9.47 Å². The lowest BCUT2D eigenvalue weighted by Crippen LogP contribution is -2.30. The summed E-state index contributed by atoms with van der Waals surface area (Å²) in [7, 11) is 5.15. The normalized spacial score (nSPS) is 12.2. The van der Waals surface area contributed by atoms with E-state index in [0.717, 1.165) is 28.5 Å². The minimum absolute atomic E-state index is 0.230. The van der Waals surface area contributed by atoms with Gasteiger partial charge in [0.15, 0.2) is 0 Å². The van der Waals surface area contributed by atoms with E-state index < -0.39 is 0 Å². The monoisotopic (exact) mass is 276 g/mol. The number of nitrogens with one attached hydrogen (secondary N) is 1. The fourth-order valence-electron chi connectivity index (χ4n) is 2.30. The highest BCUT2D eigenvalue weighted by molar-refractivity contribution is 5.45. The number of hydrogen-bond donors (Lipinski definition) is 2. The molecule has 0 radical (unpaired) electrons. The number of nitrogens with zero attached hydrogens (tertiary/aromatic N) is 2. The largest absolute Gasteiger partial charge is 0.497 e. The number of methoxy groups -OCH3 is 2. The Kier molecular flexibility index (Phi) is 4.26. The molecule has 2 aromatic rings. The molecule has 1 aromatic carbocycles. The van der Waals surface area contributed by atoms with E-state index in [4.69, 9.17) is 15.3 Å². The standard InChI is InChI=1S/C14H20N4O2/c1-9-7-12(18(2)17-9)14(16-15)11-8-10(19-3)5-6-13(11)20-4/h5-8,14,16H,15H2,1-4H3. The van der Waals surface area contributed by atoms with Gasteiger partial charge in [0, 0.05) is 12.6 Å². The van der Waals surface area contributed by atoms with Crippen LogP contribution in [0.15, 0.2) is 24.3 Å². The molecule has 0 aliphatic rings. The van der Waals surface area contributed by atoms with Crippen LogP contribution >= 0.6 is 0 Å². The van der Waals surface area contributed by atoms with Crippen molar-refractivity contribution in [1.82, 2.24) is 15.2 Å². The number of nitrogens with two attached hydrogens (primary N) is 1. The molecule has 6 heteroatoms. The SMILES string of the molecule is COc1ccc(OC)c(C(NN)c2cc(C)nn2C)c1. The minimum atomic E-state index is -0.230. The maximum atomic E-state index is 5.74. The first kappa shape index (κ1) is 14.4. The average Bonchev–Trinajstić information content (AvgIpc) is 2.78. The lowest BCUT2D eigenvalue weighted by molar-refractivity contribution is 0.392. The van der Waals surface area contributed by atoms with Crippen molar-refractivity contribution >= 4 is 0 Å². The van der Waals surface area contributed by atoms with Crippen molar-refractivity contribution < 1.29 is 9.47 Å². The minimum Gasteiger partial charge on any atom is -0.497 e. The predicted molar refractivity (Wildman–Crippen MR) is 76.7 cm³/mol. The first-order valence-electron chi connectivity index (χ1n) is 6.29. The molecular formula is C14H20N4O2. The van der Waals surface area contributed by atoms with E-state index in [1.807, 2.05) is 38.2 Å². The molecular weight excluding hydrogens is 256 g/mol. The lowest BCUT2D eigenvalue weighted by atomic mass is 10.0. The van der Waals surface area contributed by atoms with Gasteiger partial charge in [-0.15, -0.1) is 0 Å². The van der Waals surface area contributed by atoms with E-state index >= 15 is 0 Å². The fourth-order valence-corrected chi connectivity index (χ4v) is 2.30. The van der Waals surface area contributed by atoms with Crippen LogP contribution in [0.3, 0.4) is 0 Å². The molecule has 1 unspecified atom stereocenters. The Balaban J connectivity index is 2.53. The summed E-state index contributed by atoms with van der Waals surface area (Å²) in [6.07, 6.45) is 0. The molecule has 3 N–H and O–H groups in total. The molecule has 0 bridgehead atoms. The van der Waals surface area contributed by atoms with E-state index in [1.54, 1.807) is 18.9 Å². The summed E-state index contributed by atoms with van der Waals surface area (Å²) in [4.78, 5) is 0. The second kappa shape index (κ2) is 5.94. The van der Waals surface area contributed by atoms with Crippen LogP contribution in [0.25, 0.3) is 0 Å². The van der Waals surface area contributed by atoms with Gasteiger partial charge in [0.1, 0.15) is 11.5 Å². The van der Waals surface area contributed by atoms with Crippen LogP contribution in [0.4, 0.5) is 0 Å². The third kappa shape index (κ3) is 2.61. The van der Waals surface area contributed by atoms with Gasteiger partial charge in [0.25, 0.3) is 0 Å². The number of ether oxygens (including phenoxy) is 2. The summed E-state index contributed by atoms with van der Waals surface area (Å²) >= 11 is 0. The van der Waals surface area contributed by atoms with Crippen LogP contribution in [-0.2, 0) is 7.05 Å². The van der Waals surface area contributed by atoms with Crippen molar-refractivity contribution in [2.75, 3.05) is 14.2 Å². The van der Waals surface area contributed by atoms with E-state index in [2.05, 4.69) is 10.5 Å². The maximum Gasteiger partial charge on any atom is 0.124 e. The number of hydrogen-bond acceptors (Lipinski definition) is 5. The van der Waals surface area contributed by atoms with Gasteiger partial charge in [-0.25, -0.2) is 5.43 Å². The van der Waals surface area contributed by atoms with Gasteiger partial charge in [0.05, 0.1) is 31.6 Å². The third-order valence-electron chi connectivity index (χ3n) is 3.25. The molecule has 1 atom stereocenters. The molecule has 0 saturated heterocycles. The molecule has 0 amide bonds. The Morgan fingerprint density at radius 1 is 1.25 bits per heavy atom. The van der Waals surface area contributed by atoms with Crippen molar-refractivity contribution in [1.29, 1.82) is 0 Å². The molecule has 20 heavy (non-hydrogen) atoms. The first-order chi connectivity index (χ1) is 9.60. The van der Waals surface area contributed by atoms with E-state index in [1.165, 1.54) is 0 Å². The molecule has 6 nitrogen and oxygen atoms in total. The summed E-state index contributed by atoms with van der Waals surface area (Å²) in [5, 5.41) is 4.35. The van der Waals surface area contributed by atoms with Crippen LogP contribution in [0, 0.1) is 6.92 Å². The number of benzene rings is 1. The predicted octanol–water partition coefficient (Wildman–Crippen LogP) is 1.30. The Morgan fingerprint density at radius 3 is 2.50 bits per heavy atom. The lowest BCUT2D eigenvalue weighted by Gasteiger charge is -2.20. The van der Waals surface area contributed by atoms with Crippen LogP contribution < -0.4 is 20.7 Å². The molecule has 1 aromatic heterocycles. The van der Waals surface area contributed by atoms with E-state index in [-0.39, 0.29) is 6.04 Å². The summed E-state index contributed by atoms with van der Waals surface area (Å²) < 4.78 is 12.5. The molecule has 0 saturated carbocycles. The van der Waals surface area contributed by atoms with Crippen molar-refractivity contribution in [2.45, 2.75) is 13.0 Å². The van der Waals surface area contributed by atoms with Gasteiger partial charge in [-0.3, -0.25) is 10.5 Å². The van der Waals surface area contributed by atoms with Gasteiger partial charge >= 0.3 is 0 Å². The van der Waals surface area contributed by atoms with Crippen LogP contribution in [0.5, 0.6) is 11.5 Å². The molecule has 1 heterocycles. The van der Waals surface area contributed by atoms with Gasteiger partial charge in [-0.1, -0.05) is 0 Å². The zero-order valence-electron chi connectivity index (χ0n) is 12.2. The summed E-state index contributed by atoms with van der Waals surface area (Å²) in [5.41, 5.74) is 5.61. The third-order valence-corrected chi connectivity index (χ3v) is 3.25. The summed E-state index contributed by atoms with van der Waals surface area (Å²) in [6, 6.07) is 7.38. The maximum absolute atomic E-state index is 5.74. The molecule has 0 aliphatic heterocycles. The highest BCUT2D eigenvalue weighted by Crippen LogP contribution is 2.32. The zero-order chi connectivity index (χ0) is 14.7. The highest BCUT2D eigenvalue weighted by atomic mass is 16.5. The Morgan fingerprint density at radius 2 is 2.00 bits per heavy atom. The second-order valence-corrected chi connectivity index (χ2v) is 4.54. The van der Waals surface area contributed by atoms with Gasteiger partial charge in [0.2, 0.25) is 0 Å². The van der Waals surface area contributed by atoms with Crippen LogP contribution in [0.2, 0.25) is 0 Å². The fraction of sp³-hybridized carbons (Fsp3) is 0.357. The van der Waals surface area contributed by atoms with Gasteiger partial charge in [-0.2, -0.15) is 5.10 Å². The molecule has 2 rings (SSSR count). The van der Waals surface area contributed by atoms with Gasteiger partial charge in [-0.05, 0) is 31.2 Å². The second-order valence-electron chi connectivity index (χ2n) is 4.54. The molecule has 0 spiro atoms. The topological polar surface area (TPSA) is 74.3 Å². The summed E-state index contributed by atoms with van der Waals surface area (Å²) in [5.74, 6) is 7.24. The first-order valence-corrected chi connectivity index (χ1v) is 6.29. The van der Waals surface area contributed by atoms with Crippen molar-refractivity contribution in [3.63, 3.8) is 0 Å². The zero-order valence-corrected chi connectivity index (χ0v) is 12.2. The van der Waals surface area contributed by atoms with E-state index in [0.29, 0.717) is 0 Å². The number of hydrazine groups is 1. The Labute approximate surface area is 118 Å². The Bertz CT molecular complexity index is 595. The quantitative estimate of drug-likeness (QED) is 0.636. The van der Waals surface area contributed by atoms with Crippen molar-refractivity contribution in [2.24, 2.45) is 12.9 Å². The average molecular weight is 276 g/mol. The number of aryl methyl sites for hydroxylation is 2.